The van der Waals surface area contributed by atoms with Gasteiger partial charge in [-0.1, -0.05) is 12.1 Å². The van der Waals surface area contributed by atoms with E-state index in [1.807, 2.05) is 0 Å². The number of alkyl halides is 3. The van der Waals surface area contributed by atoms with Gasteiger partial charge in [-0.3, -0.25) is 0 Å². The molecule has 21 heavy (non-hydrogen) atoms. The Labute approximate surface area is 117 Å². The summed E-state index contributed by atoms with van der Waals surface area (Å²) in [5.74, 6) is -2.65. The van der Waals surface area contributed by atoms with Crippen molar-refractivity contribution < 1.29 is 41.3 Å². The highest BCUT2D eigenvalue weighted by Gasteiger charge is 2.34. The molecule has 0 fully saturated rings. The number of hydrogen-bond acceptors (Lipinski definition) is 5. The van der Waals surface area contributed by atoms with Crippen LogP contribution in [0.15, 0.2) is 29.2 Å². The van der Waals surface area contributed by atoms with Crippen molar-refractivity contribution in [3.63, 3.8) is 0 Å². The van der Waals surface area contributed by atoms with E-state index < -0.39 is 45.6 Å². The molecule has 0 aliphatic rings. The first-order chi connectivity index (χ1) is 9.53. The number of aliphatic hydroxyl groups excluding tert-OH is 1. The summed E-state index contributed by atoms with van der Waals surface area (Å²) in [5.41, 5.74) is 0. The van der Waals surface area contributed by atoms with Gasteiger partial charge in [0, 0.05) is 6.54 Å². The Morgan fingerprint density at radius 3 is 2.43 bits per heavy atom. The largest absolute Gasteiger partial charge is 0.573 e. The summed E-state index contributed by atoms with van der Waals surface area (Å²) in [6, 6.07) is 3.92. The van der Waals surface area contributed by atoms with Gasteiger partial charge in [-0.2, -0.15) is 0 Å². The summed E-state index contributed by atoms with van der Waals surface area (Å²) in [6.07, 6.45) is -7.12. The van der Waals surface area contributed by atoms with Crippen LogP contribution < -0.4 is 9.46 Å². The molecule has 0 aliphatic heterocycles. The molecule has 0 aliphatic carbocycles. The predicted octanol–water partition coefficient (Wildman–Crippen LogP) is 0.309. The first-order valence-corrected chi connectivity index (χ1v) is 6.76. The van der Waals surface area contributed by atoms with Crippen LogP contribution in [-0.4, -0.2) is 43.6 Å². The normalized spacial score (nSPS) is 13.7. The van der Waals surface area contributed by atoms with E-state index in [4.69, 9.17) is 10.2 Å². The van der Waals surface area contributed by atoms with Gasteiger partial charge >= 0.3 is 12.3 Å². The Balaban J connectivity index is 3.01. The fourth-order valence-corrected chi connectivity index (χ4v) is 2.40. The lowest BCUT2D eigenvalue weighted by molar-refractivity contribution is -0.275. The number of sulfonamides is 1. The van der Waals surface area contributed by atoms with Crippen molar-refractivity contribution in [2.45, 2.75) is 17.4 Å². The Bertz CT molecular complexity index is 615. The van der Waals surface area contributed by atoms with Gasteiger partial charge in [0.25, 0.3) is 0 Å². The molecule has 0 spiro atoms. The minimum Gasteiger partial charge on any atom is -0.479 e. The van der Waals surface area contributed by atoms with E-state index in [1.165, 1.54) is 0 Å². The van der Waals surface area contributed by atoms with Crippen molar-refractivity contribution in [2.24, 2.45) is 0 Å². The molecule has 11 heteroatoms. The van der Waals surface area contributed by atoms with Crippen molar-refractivity contribution in [3.05, 3.63) is 24.3 Å². The van der Waals surface area contributed by atoms with Crippen LogP contribution in [0.3, 0.4) is 0 Å². The summed E-state index contributed by atoms with van der Waals surface area (Å²) < 4.78 is 65.4. The van der Waals surface area contributed by atoms with Gasteiger partial charge in [-0.15, -0.1) is 13.2 Å². The molecule has 1 atom stereocenters. The average Bonchev–Trinajstić information content (AvgIpc) is 2.34. The zero-order valence-corrected chi connectivity index (χ0v) is 11.0. The minimum atomic E-state index is -5.09. The third-order valence-corrected chi connectivity index (χ3v) is 3.58. The summed E-state index contributed by atoms with van der Waals surface area (Å²) in [4.78, 5) is 9.52. The highest BCUT2D eigenvalue weighted by Crippen LogP contribution is 2.29. The van der Waals surface area contributed by atoms with Crippen molar-refractivity contribution >= 4 is 16.0 Å². The Morgan fingerprint density at radius 1 is 1.33 bits per heavy atom. The minimum absolute atomic E-state index is 0.787. The van der Waals surface area contributed by atoms with E-state index in [1.54, 1.807) is 4.72 Å². The van der Waals surface area contributed by atoms with Crippen molar-refractivity contribution in [1.82, 2.24) is 4.72 Å². The fraction of sp³-hybridized carbons (Fsp3) is 0.300. The van der Waals surface area contributed by atoms with Gasteiger partial charge in [0.15, 0.2) is 6.10 Å². The lowest BCUT2D eigenvalue weighted by atomic mass is 10.3. The molecular weight excluding hydrogens is 319 g/mol. The quantitative estimate of drug-likeness (QED) is 0.692. The molecule has 0 saturated carbocycles. The molecule has 1 rings (SSSR count). The maximum atomic E-state index is 12.2. The van der Waals surface area contributed by atoms with Crippen molar-refractivity contribution in [3.8, 4) is 5.75 Å². The standard InChI is InChI=1S/C10H10F3NO6S/c11-10(12,13)20-7-3-1-2-4-8(7)21(18,19)14-5-6(15)9(16)17/h1-4,6,14-15H,5H2,(H,16,17)/t6-/m0/s1. The SMILES string of the molecule is O=C(O)[C@@H](O)CNS(=O)(=O)c1ccccc1OC(F)(F)F. The van der Waals surface area contributed by atoms with Gasteiger partial charge in [0.1, 0.15) is 10.6 Å². The number of benzene rings is 1. The summed E-state index contributed by atoms with van der Waals surface area (Å²) in [5, 5.41) is 17.4. The Kier molecular flexibility index (Phi) is 5.15. The Hall–Kier alpha value is -1.85. The van der Waals surface area contributed by atoms with E-state index in [2.05, 4.69) is 4.74 Å². The van der Waals surface area contributed by atoms with E-state index in [-0.39, 0.29) is 0 Å². The molecule has 1 aromatic carbocycles. The van der Waals surface area contributed by atoms with Crippen LogP contribution in [0.5, 0.6) is 5.75 Å². The third-order valence-electron chi connectivity index (χ3n) is 2.12. The molecule has 0 aromatic heterocycles. The van der Waals surface area contributed by atoms with Gasteiger partial charge in [-0.05, 0) is 12.1 Å². The lowest BCUT2D eigenvalue weighted by Crippen LogP contribution is -2.36. The molecule has 7 nitrogen and oxygen atoms in total. The molecule has 0 unspecified atom stereocenters. The molecule has 0 radical (unpaired) electrons. The van der Waals surface area contributed by atoms with E-state index in [9.17, 15) is 26.4 Å². The number of carbonyl (C=O) groups is 1. The zero-order chi connectivity index (χ0) is 16.3. The fourth-order valence-electron chi connectivity index (χ4n) is 1.23. The first kappa shape index (κ1) is 17.2. The van der Waals surface area contributed by atoms with Gasteiger partial charge in [0.2, 0.25) is 10.0 Å². The number of halogens is 3. The van der Waals surface area contributed by atoms with E-state index >= 15 is 0 Å². The molecule has 0 amide bonds. The summed E-state index contributed by atoms with van der Waals surface area (Å²) >= 11 is 0. The second kappa shape index (κ2) is 6.28. The topological polar surface area (TPSA) is 113 Å². The molecule has 3 N–H and O–H groups in total. The predicted molar refractivity (Wildman–Crippen MR) is 62.0 cm³/mol. The first-order valence-electron chi connectivity index (χ1n) is 5.28. The van der Waals surface area contributed by atoms with Crippen LogP contribution >= 0.6 is 0 Å². The molecule has 118 valence electrons. The molecule has 0 saturated heterocycles. The van der Waals surface area contributed by atoms with Crippen LogP contribution in [0.1, 0.15) is 0 Å². The van der Waals surface area contributed by atoms with Gasteiger partial charge in [0.05, 0.1) is 0 Å². The highest BCUT2D eigenvalue weighted by molar-refractivity contribution is 7.89. The van der Waals surface area contributed by atoms with Crippen LogP contribution in [0.2, 0.25) is 0 Å². The summed E-state index contributed by atoms with van der Waals surface area (Å²) in [6.45, 7) is -0.905. The molecule has 1 aromatic rings. The number of aliphatic hydroxyl groups is 1. The molecular formula is C10H10F3NO6S. The van der Waals surface area contributed by atoms with Crippen molar-refractivity contribution in [1.29, 1.82) is 0 Å². The Morgan fingerprint density at radius 2 is 1.90 bits per heavy atom. The van der Waals surface area contributed by atoms with Crippen LogP contribution in [0, 0.1) is 0 Å². The maximum Gasteiger partial charge on any atom is 0.573 e. The maximum absolute atomic E-state index is 12.2. The smallest absolute Gasteiger partial charge is 0.479 e. The lowest BCUT2D eigenvalue weighted by Gasteiger charge is -2.14. The second-order valence-corrected chi connectivity index (χ2v) is 5.44. The second-order valence-electron chi connectivity index (χ2n) is 3.70. The number of hydrogen-bond donors (Lipinski definition) is 3. The number of nitrogens with one attached hydrogen (secondary N) is 1. The van der Waals surface area contributed by atoms with Crippen LogP contribution in [-0.2, 0) is 14.8 Å². The highest BCUT2D eigenvalue weighted by atomic mass is 32.2. The van der Waals surface area contributed by atoms with Crippen LogP contribution in [0.25, 0.3) is 0 Å². The van der Waals surface area contributed by atoms with E-state index in [0.29, 0.717) is 0 Å². The van der Waals surface area contributed by atoms with E-state index in [0.717, 1.165) is 24.3 Å². The van der Waals surface area contributed by atoms with Crippen molar-refractivity contribution in [2.75, 3.05) is 6.54 Å². The molecule has 0 bridgehead atoms. The number of aliphatic carboxylic acids is 1. The molecule has 0 heterocycles. The number of carboxylic acids is 1. The van der Waals surface area contributed by atoms with Crippen LogP contribution in [0.4, 0.5) is 13.2 Å². The third kappa shape index (κ3) is 5.21. The number of para-hydroxylation sites is 1. The van der Waals surface area contributed by atoms with Gasteiger partial charge in [-0.25, -0.2) is 17.9 Å². The number of rotatable bonds is 6. The monoisotopic (exact) mass is 329 g/mol. The van der Waals surface area contributed by atoms with Gasteiger partial charge < -0.3 is 14.9 Å². The number of ether oxygens (including phenoxy) is 1. The number of carboxylic acid groups (broad SMARTS) is 1. The summed E-state index contributed by atoms with van der Waals surface area (Å²) in [7, 11) is -4.49. The average molecular weight is 329 g/mol. The zero-order valence-electron chi connectivity index (χ0n) is 10.2.